The molecule has 0 saturated carbocycles. The molecule has 0 aliphatic rings. The van der Waals surface area contributed by atoms with Crippen LogP contribution in [0.2, 0.25) is 0 Å². The molecule has 1 atom stereocenters. The van der Waals surface area contributed by atoms with E-state index in [1.165, 1.54) is 11.3 Å². The van der Waals surface area contributed by atoms with Gasteiger partial charge in [0.05, 0.1) is 0 Å². The van der Waals surface area contributed by atoms with Gasteiger partial charge in [0, 0.05) is 10.7 Å². The van der Waals surface area contributed by atoms with Crippen molar-refractivity contribution in [3.05, 3.63) is 35.2 Å². The highest BCUT2D eigenvalue weighted by Gasteiger charge is 2.14. The summed E-state index contributed by atoms with van der Waals surface area (Å²) >= 11 is 1.38. The van der Waals surface area contributed by atoms with Crippen molar-refractivity contribution in [1.82, 2.24) is 5.32 Å². The van der Waals surface area contributed by atoms with Crippen LogP contribution >= 0.6 is 11.3 Å². The van der Waals surface area contributed by atoms with Crippen molar-refractivity contribution in [2.75, 3.05) is 6.61 Å². The van der Waals surface area contributed by atoms with Crippen LogP contribution in [-0.4, -0.2) is 24.5 Å². The molecule has 0 fully saturated rings. The van der Waals surface area contributed by atoms with Gasteiger partial charge >= 0.3 is 5.97 Å². The van der Waals surface area contributed by atoms with Crippen molar-refractivity contribution < 1.29 is 14.3 Å². The first-order valence-electron chi connectivity index (χ1n) is 7.90. The highest BCUT2D eigenvalue weighted by atomic mass is 32.1. The monoisotopic (exact) mass is 333 g/mol. The van der Waals surface area contributed by atoms with Gasteiger partial charge in [-0.3, -0.25) is 4.79 Å². The SMILES string of the molecule is CC(C)CC[C@H](C)NC(=O)COC(=O)c1cc2ccccc2s1. The van der Waals surface area contributed by atoms with Gasteiger partial charge in [-0.25, -0.2) is 4.79 Å². The summed E-state index contributed by atoms with van der Waals surface area (Å²) in [6.07, 6.45) is 1.98. The predicted octanol–water partition coefficient (Wildman–Crippen LogP) is 4.00. The van der Waals surface area contributed by atoms with Crippen LogP contribution in [0.15, 0.2) is 30.3 Å². The van der Waals surface area contributed by atoms with Crippen LogP contribution in [0.1, 0.15) is 43.3 Å². The fraction of sp³-hybridized carbons (Fsp3) is 0.444. The molecule has 0 aliphatic carbocycles. The van der Waals surface area contributed by atoms with E-state index in [2.05, 4.69) is 19.2 Å². The molecule has 124 valence electrons. The van der Waals surface area contributed by atoms with Crippen molar-refractivity contribution >= 4 is 33.3 Å². The summed E-state index contributed by atoms with van der Waals surface area (Å²) in [7, 11) is 0. The van der Waals surface area contributed by atoms with Gasteiger partial charge in [0.1, 0.15) is 4.88 Å². The smallest absolute Gasteiger partial charge is 0.348 e. The van der Waals surface area contributed by atoms with Crippen molar-refractivity contribution in [3.8, 4) is 0 Å². The summed E-state index contributed by atoms with van der Waals surface area (Å²) in [5, 5.41) is 3.87. The summed E-state index contributed by atoms with van der Waals surface area (Å²) in [5.41, 5.74) is 0. The highest BCUT2D eigenvalue weighted by molar-refractivity contribution is 7.20. The second-order valence-electron chi connectivity index (χ2n) is 6.16. The van der Waals surface area contributed by atoms with E-state index in [-0.39, 0.29) is 18.6 Å². The third-order valence-corrected chi connectivity index (χ3v) is 4.64. The Balaban J connectivity index is 1.80. The van der Waals surface area contributed by atoms with Gasteiger partial charge in [0.2, 0.25) is 0 Å². The molecule has 2 rings (SSSR count). The summed E-state index contributed by atoms with van der Waals surface area (Å²) < 4.78 is 6.14. The van der Waals surface area contributed by atoms with Crippen LogP contribution in [0.4, 0.5) is 0 Å². The average molecular weight is 333 g/mol. The lowest BCUT2D eigenvalue weighted by Gasteiger charge is -2.14. The highest BCUT2D eigenvalue weighted by Crippen LogP contribution is 2.25. The zero-order valence-corrected chi connectivity index (χ0v) is 14.6. The number of amides is 1. The van der Waals surface area contributed by atoms with Crippen LogP contribution in [0.5, 0.6) is 0 Å². The molecule has 23 heavy (non-hydrogen) atoms. The zero-order valence-electron chi connectivity index (χ0n) is 13.8. The van der Waals surface area contributed by atoms with E-state index < -0.39 is 5.97 Å². The second-order valence-corrected chi connectivity index (χ2v) is 7.25. The number of nitrogens with one attached hydrogen (secondary N) is 1. The fourth-order valence-corrected chi connectivity index (χ4v) is 3.21. The number of ether oxygens (including phenoxy) is 1. The Morgan fingerprint density at radius 1 is 1.17 bits per heavy atom. The number of benzene rings is 1. The van der Waals surface area contributed by atoms with Crippen molar-refractivity contribution in [2.24, 2.45) is 5.92 Å². The molecular formula is C18H23NO3S. The predicted molar refractivity (Wildman–Crippen MR) is 93.8 cm³/mol. The maximum absolute atomic E-state index is 12.0. The van der Waals surface area contributed by atoms with Gasteiger partial charge in [0.15, 0.2) is 6.61 Å². The zero-order chi connectivity index (χ0) is 16.8. The van der Waals surface area contributed by atoms with E-state index in [4.69, 9.17) is 4.74 Å². The van der Waals surface area contributed by atoms with E-state index in [0.29, 0.717) is 10.8 Å². The van der Waals surface area contributed by atoms with Crippen LogP contribution in [0.3, 0.4) is 0 Å². The van der Waals surface area contributed by atoms with E-state index in [1.54, 1.807) is 6.07 Å². The van der Waals surface area contributed by atoms with E-state index in [0.717, 1.165) is 22.9 Å². The van der Waals surface area contributed by atoms with Crippen LogP contribution in [-0.2, 0) is 9.53 Å². The lowest BCUT2D eigenvalue weighted by molar-refractivity contribution is -0.124. The Morgan fingerprint density at radius 3 is 2.61 bits per heavy atom. The number of fused-ring (bicyclic) bond motifs is 1. The molecule has 1 N–H and O–H groups in total. The topological polar surface area (TPSA) is 55.4 Å². The number of hydrogen-bond acceptors (Lipinski definition) is 4. The summed E-state index contributed by atoms with van der Waals surface area (Å²) in [4.78, 5) is 24.4. The van der Waals surface area contributed by atoms with Crippen molar-refractivity contribution in [3.63, 3.8) is 0 Å². The van der Waals surface area contributed by atoms with Crippen LogP contribution in [0.25, 0.3) is 10.1 Å². The number of carbonyl (C=O) groups is 2. The molecule has 0 spiro atoms. The fourth-order valence-electron chi connectivity index (χ4n) is 2.26. The first kappa shape index (κ1) is 17.5. The number of esters is 1. The first-order valence-corrected chi connectivity index (χ1v) is 8.72. The Morgan fingerprint density at radius 2 is 1.91 bits per heavy atom. The minimum absolute atomic E-state index is 0.0907. The minimum Gasteiger partial charge on any atom is -0.451 e. The molecule has 2 aromatic rings. The number of carbonyl (C=O) groups excluding carboxylic acids is 2. The Labute approximate surface area is 140 Å². The Hall–Kier alpha value is -1.88. The third kappa shape index (κ3) is 5.36. The number of hydrogen-bond donors (Lipinski definition) is 1. The summed E-state index contributed by atoms with van der Waals surface area (Å²) in [6.45, 7) is 6.04. The Bertz CT molecular complexity index is 645. The molecule has 1 aromatic carbocycles. The molecule has 4 nitrogen and oxygen atoms in total. The molecule has 5 heteroatoms. The molecule has 0 aliphatic heterocycles. The molecule has 0 unspecified atom stereocenters. The van der Waals surface area contributed by atoms with Crippen LogP contribution < -0.4 is 5.32 Å². The molecule has 0 saturated heterocycles. The first-order chi connectivity index (χ1) is 11.0. The molecule has 1 heterocycles. The van der Waals surface area contributed by atoms with E-state index >= 15 is 0 Å². The van der Waals surface area contributed by atoms with Crippen LogP contribution in [0, 0.1) is 5.92 Å². The minimum atomic E-state index is -0.448. The normalized spacial score (nSPS) is 12.3. The quantitative estimate of drug-likeness (QED) is 0.779. The number of rotatable bonds is 7. The third-order valence-electron chi connectivity index (χ3n) is 3.55. The summed E-state index contributed by atoms with van der Waals surface area (Å²) in [5.74, 6) is -0.0907. The van der Waals surface area contributed by atoms with Gasteiger partial charge in [-0.05, 0) is 43.2 Å². The maximum atomic E-state index is 12.0. The summed E-state index contributed by atoms with van der Waals surface area (Å²) in [6, 6.07) is 9.65. The van der Waals surface area contributed by atoms with E-state index in [9.17, 15) is 9.59 Å². The lowest BCUT2D eigenvalue weighted by atomic mass is 10.0. The average Bonchev–Trinajstić information content (AvgIpc) is 2.94. The maximum Gasteiger partial charge on any atom is 0.348 e. The molecule has 1 amide bonds. The largest absolute Gasteiger partial charge is 0.451 e. The van der Waals surface area contributed by atoms with E-state index in [1.807, 2.05) is 31.2 Å². The molecule has 1 aromatic heterocycles. The molecule has 0 radical (unpaired) electrons. The van der Waals surface area contributed by atoms with Crippen molar-refractivity contribution in [1.29, 1.82) is 0 Å². The molecular weight excluding hydrogens is 310 g/mol. The Kier molecular flexibility index (Phi) is 6.16. The van der Waals surface area contributed by atoms with Gasteiger partial charge < -0.3 is 10.1 Å². The van der Waals surface area contributed by atoms with Crippen molar-refractivity contribution in [2.45, 2.75) is 39.7 Å². The standard InChI is InChI=1S/C18H23NO3S/c1-12(2)8-9-13(3)19-17(20)11-22-18(21)16-10-14-6-4-5-7-15(14)23-16/h4-7,10,12-13H,8-9,11H2,1-3H3,(H,19,20)/t13-/m0/s1. The molecule has 0 bridgehead atoms. The van der Waals surface area contributed by atoms with Gasteiger partial charge in [-0.2, -0.15) is 0 Å². The second kappa shape index (κ2) is 8.11. The van der Waals surface area contributed by atoms with Gasteiger partial charge in [-0.15, -0.1) is 11.3 Å². The lowest BCUT2D eigenvalue weighted by Crippen LogP contribution is -2.36. The van der Waals surface area contributed by atoms with Gasteiger partial charge in [-0.1, -0.05) is 32.0 Å². The van der Waals surface area contributed by atoms with Gasteiger partial charge in [0.25, 0.3) is 5.91 Å². The number of thiophene rings is 1.